The predicted octanol–water partition coefficient (Wildman–Crippen LogP) is 5.98. The van der Waals surface area contributed by atoms with Gasteiger partial charge in [-0.2, -0.15) is 0 Å². The van der Waals surface area contributed by atoms with Gasteiger partial charge in [0.25, 0.3) is 0 Å². The summed E-state index contributed by atoms with van der Waals surface area (Å²) in [5.74, 6) is 1.87. The lowest BCUT2D eigenvalue weighted by molar-refractivity contribution is 0.0771. The summed E-state index contributed by atoms with van der Waals surface area (Å²) in [6.07, 6.45) is 8.78. The van der Waals surface area contributed by atoms with Gasteiger partial charge >= 0.3 is 0 Å². The van der Waals surface area contributed by atoms with Gasteiger partial charge in [-0.25, -0.2) is 15.0 Å². The lowest BCUT2D eigenvalue weighted by Crippen LogP contribution is -2.63. The number of fused-ring (bicyclic) bond motifs is 5. The molecule has 0 bridgehead atoms. The van der Waals surface area contributed by atoms with Crippen molar-refractivity contribution in [3.05, 3.63) is 66.7 Å². The molecule has 0 saturated carbocycles. The Labute approximate surface area is 178 Å². The van der Waals surface area contributed by atoms with Crippen LogP contribution < -0.4 is 9.80 Å². The maximum Gasteiger partial charge on any atom is 0.163 e. The van der Waals surface area contributed by atoms with Crippen LogP contribution in [0, 0.1) is 5.41 Å². The number of nitrogens with zero attached hydrogens (tertiary/aromatic N) is 5. The zero-order valence-electron chi connectivity index (χ0n) is 18.2. The van der Waals surface area contributed by atoms with Gasteiger partial charge in [0.05, 0.1) is 6.20 Å². The Morgan fingerprint density at radius 2 is 1.63 bits per heavy atom. The van der Waals surface area contributed by atoms with Gasteiger partial charge in [0.1, 0.15) is 24.0 Å². The van der Waals surface area contributed by atoms with Crippen LogP contribution in [-0.2, 0) is 5.41 Å². The molecule has 3 aromatic rings. The molecule has 0 fully saturated rings. The van der Waals surface area contributed by atoms with Crippen LogP contribution in [0.2, 0.25) is 0 Å². The Hall–Kier alpha value is -2.95. The van der Waals surface area contributed by atoms with E-state index in [2.05, 4.69) is 78.9 Å². The highest BCUT2D eigenvalue weighted by Gasteiger charge is 2.61. The molecule has 30 heavy (non-hydrogen) atoms. The molecular formula is C25H29N5. The summed E-state index contributed by atoms with van der Waals surface area (Å²) in [4.78, 5) is 18.7. The molecule has 2 aliphatic rings. The Balaban J connectivity index is 1.87. The number of rotatable bonds is 4. The van der Waals surface area contributed by atoms with E-state index in [1.54, 1.807) is 6.33 Å². The molecule has 5 rings (SSSR count). The molecule has 0 N–H and O–H groups in total. The molecule has 2 atom stereocenters. The third-order valence-electron chi connectivity index (χ3n) is 7.83. The van der Waals surface area contributed by atoms with Gasteiger partial charge in [-0.15, -0.1) is 0 Å². The van der Waals surface area contributed by atoms with Gasteiger partial charge in [-0.1, -0.05) is 52.0 Å². The van der Waals surface area contributed by atoms with E-state index in [9.17, 15) is 0 Å². The fourth-order valence-corrected chi connectivity index (χ4v) is 6.20. The molecule has 0 amide bonds. The van der Waals surface area contributed by atoms with Crippen LogP contribution in [0.4, 0.5) is 23.0 Å². The van der Waals surface area contributed by atoms with Crippen LogP contribution >= 0.6 is 0 Å². The Kier molecular flexibility index (Phi) is 4.31. The molecule has 5 heteroatoms. The smallest absolute Gasteiger partial charge is 0.163 e. The Morgan fingerprint density at radius 3 is 2.33 bits per heavy atom. The highest BCUT2D eigenvalue weighted by molar-refractivity contribution is 5.87. The summed E-state index contributed by atoms with van der Waals surface area (Å²) in [5, 5.41) is 0. The van der Waals surface area contributed by atoms with Gasteiger partial charge in [-0.3, -0.25) is 4.90 Å². The monoisotopic (exact) mass is 399 g/mol. The average molecular weight is 400 g/mol. The predicted molar refractivity (Wildman–Crippen MR) is 121 cm³/mol. The van der Waals surface area contributed by atoms with Crippen molar-refractivity contribution < 1.29 is 0 Å². The molecule has 2 aliphatic heterocycles. The van der Waals surface area contributed by atoms with Crippen molar-refractivity contribution in [2.24, 2.45) is 5.41 Å². The topological polar surface area (TPSA) is 45.2 Å². The van der Waals surface area contributed by atoms with Gasteiger partial charge in [-0.05, 0) is 43.0 Å². The van der Waals surface area contributed by atoms with E-state index in [4.69, 9.17) is 9.97 Å². The van der Waals surface area contributed by atoms with Gasteiger partial charge < -0.3 is 4.90 Å². The van der Waals surface area contributed by atoms with Gasteiger partial charge in [0.15, 0.2) is 5.82 Å². The largest absolute Gasteiger partial charge is 0.315 e. The minimum atomic E-state index is -0.0247. The highest BCUT2D eigenvalue weighted by Crippen LogP contribution is 2.64. The number of anilines is 4. The van der Waals surface area contributed by atoms with Crippen LogP contribution in [0.25, 0.3) is 0 Å². The average Bonchev–Trinajstić information content (AvgIpc) is 3.16. The normalized spacial score (nSPS) is 23.7. The second-order valence-electron chi connectivity index (χ2n) is 8.61. The van der Waals surface area contributed by atoms with Crippen molar-refractivity contribution in [1.29, 1.82) is 0 Å². The van der Waals surface area contributed by atoms with Crippen LogP contribution in [0.15, 0.2) is 61.2 Å². The first-order chi connectivity index (χ1) is 14.6. The van der Waals surface area contributed by atoms with Crippen molar-refractivity contribution in [2.45, 2.75) is 58.5 Å². The van der Waals surface area contributed by atoms with Crippen molar-refractivity contribution in [1.82, 2.24) is 15.0 Å². The minimum absolute atomic E-state index is 0.0247. The number of para-hydroxylation sites is 1. The lowest BCUT2D eigenvalue weighted by Gasteiger charge is -2.60. The molecule has 1 aromatic carbocycles. The summed E-state index contributed by atoms with van der Waals surface area (Å²) in [7, 11) is 0. The molecule has 0 radical (unpaired) electrons. The summed E-state index contributed by atoms with van der Waals surface area (Å²) < 4.78 is 0. The van der Waals surface area contributed by atoms with E-state index < -0.39 is 0 Å². The number of hydrogen-bond donors (Lipinski definition) is 0. The third kappa shape index (κ3) is 2.21. The minimum Gasteiger partial charge on any atom is -0.315 e. The first kappa shape index (κ1) is 19.0. The molecule has 0 saturated heterocycles. The maximum absolute atomic E-state index is 4.75. The first-order valence-corrected chi connectivity index (χ1v) is 11.0. The molecular weight excluding hydrogens is 370 g/mol. The number of aromatic nitrogens is 3. The summed E-state index contributed by atoms with van der Waals surface area (Å²) in [6, 6.07) is 15.0. The zero-order valence-corrected chi connectivity index (χ0v) is 18.2. The SMILES string of the molecule is CCC1(CC)c2ccccc2N2c3cncnc3N(c3ccccn3)C2C1(C)CC. The molecule has 4 heterocycles. The summed E-state index contributed by atoms with van der Waals surface area (Å²) >= 11 is 0. The van der Waals surface area contributed by atoms with E-state index in [1.165, 1.54) is 11.3 Å². The molecule has 0 spiro atoms. The van der Waals surface area contributed by atoms with Crippen LogP contribution in [0.5, 0.6) is 0 Å². The van der Waals surface area contributed by atoms with Crippen LogP contribution in [0.1, 0.15) is 52.5 Å². The molecule has 5 nitrogen and oxygen atoms in total. The second kappa shape index (κ2) is 6.79. The fraction of sp³-hybridized carbons (Fsp3) is 0.400. The van der Waals surface area contributed by atoms with Crippen molar-refractivity contribution in [2.75, 3.05) is 9.80 Å². The van der Waals surface area contributed by atoms with Crippen LogP contribution in [0.3, 0.4) is 0 Å². The maximum atomic E-state index is 4.75. The lowest BCUT2D eigenvalue weighted by atomic mass is 9.53. The number of hydrogen-bond acceptors (Lipinski definition) is 5. The zero-order chi connectivity index (χ0) is 20.9. The quantitative estimate of drug-likeness (QED) is 0.540. The summed E-state index contributed by atoms with van der Waals surface area (Å²) in [5.41, 5.74) is 3.80. The van der Waals surface area contributed by atoms with Crippen molar-refractivity contribution in [3.63, 3.8) is 0 Å². The summed E-state index contributed by atoms with van der Waals surface area (Å²) in [6.45, 7) is 9.48. The van der Waals surface area contributed by atoms with Gasteiger partial charge in [0, 0.05) is 22.7 Å². The third-order valence-corrected chi connectivity index (χ3v) is 7.83. The van der Waals surface area contributed by atoms with Crippen molar-refractivity contribution in [3.8, 4) is 0 Å². The van der Waals surface area contributed by atoms with E-state index in [-0.39, 0.29) is 17.0 Å². The molecule has 154 valence electrons. The molecule has 2 aromatic heterocycles. The van der Waals surface area contributed by atoms with Gasteiger partial charge in [0.2, 0.25) is 0 Å². The number of pyridine rings is 1. The first-order valence-electron chi connectivity index (χ1n) is 11.0. The van der Waals surface area contributed by atoms with Crippen LogP contribution in [-0.4, -0.2) is 21.1 Å². The van der Waals surface area contributed by atoms with E-state index in [0.29, 0.717) is 0 Å². The Bertz CT molecular complexity index is 1060. The van der Waals surface area contributed by atoms with E-state index in [0.717, 1.165) is 36.6 Å². The second-order valence-corrected chi connectivity index (χ2v) is 8.61. The highest BCUT2D eigenvalue weighted by atomic mass is 15.5. The number of benzene rings is 1. The van der Waals surface area contributed by atoms with E-state index >= 15 is 0 Å². The standard InChI is InChI=1S/C25H29N5/c1-5-24(4)23-29(19-13-9-8-12-18(19)25(24,6-2)7-3)20-16-26-17-28-22(20)30(23)21-14-10-11-15-27-21/h8-17,23H,5-7H2,1-4H3. The van der Waals surface area contributed by atoms with E-state index in [1.807, 2.05) is 18.5 Å². The fourth-order valence-electron chi connectivity index (χ4n) is 6.20. The Morgan fingerprint density at radius 1 is 0.867 bits per heavy atom. The molecule has 0 aliphatic carbocycles. The molecule has 2 unspecified atom stereocenters. The van der Waals surface area contributed by atoms with Crippen molar-refractivity contribution >= 4 is 23.0 Å².